The average Bonchev–Trinajstić information content (AvgIpc) is 3.03. The van der Waals surface area contributed by atoms with Crippen LogP contribution in [-0.2, 0) is 10.2 Å². The van der Waals surface area contributed by atoms with Crippen molar-refractivity contribution in [2.45, 2.75) is 24.7 Å². The van der Waals surface area contributed by atoms with Gasteiger partial charge in [0.25, 0.3) is 0 Å². The molecule has 18 heavy (non-hydrogen) atoms. The van der Waals surface area contributed by atoms with Crippen LogP contribution in [0.1, 0.15) is 24.8 Å². The summed E-state index contributed by atoms with van der Waals surface area (Å²) in [5.74, 6) is -5.17. The molecule has 0 amide bonds. The first-order valence-corrected chi connectivity index (χ1v) is 5.35. The Kier molecular flexibility index (Phi) is 2.96. The summed E-state index contributed by atoms with van der Waals surface area (Å²) in [4.78, 5) is 10.7. The van der Waals surface area contributed by atoms with Crippen molar-refractivity contribution in [1.29, 1.82) is 0 Å². The zero-order valence-corrected chi connectivity index (χ0v) is 9.60. The van der Waals surface area contributed by atoms with Crippen LogP contribution in [0.15, 0.2) is 6.07 Å². The fraction of sp³-hybridized carbons (Fsp3) is 0.417. The molecular weight excluding hydrogens is 249 g/mol. The number of aliphatic carboxylic acids is 1. The second kappa shape index (κ2) is 4.19. The van der Waals surface area contributed by atoms with Gasteiger partial charge in [-0.3, -0.25) is 4.79 Å². The van der Waals surface area contributed by atoms with Crippen LogP contribution in [0.25, 0.3) is 0 Å². The Morgan fingerprint density at radius 2 is 2.00 bits per heavy atom. The van der Waals surface area contributed by atoms with Gasteiger partial charge in [0.1, 0.15) is 0 Å². The highest BCUT2D eigenvalue weighted by Crippen LogP contribution is 2.53. The Morgan fingerprint density at radius 1 is 1.39 bits per heavy atom. The van der Waals surface area contributed by atoms with Gasteiger partial charge in [-0.15, -0.1) is 0 Å². The monoisotopic (exact) mass is 260 g/mol. The van der Waals surface area contributed by atoms with Crippen molar-refractivity contribution >= 4 is 5.97 Å². The third-order valence-corrected chi connectivity index (χ3v) is 3.22. The van der Waals surface area contributed by atoms with Crippen molar-refractivity contribution in [2.75, 3.05) is 7.11 Å². The first-order chi connectivity index (χ1) is 8.41. The van der Waals surface area contributed by atoms with Crippen molar-refractivity contribution in [2.24, 2.45) is 0 Å². The van der Waals surface area contributed by atoms with Crippen molar-refractivity contribution in [3.63, 3.8) is 0 Å². The lowest BCUT2D eigenvalue weighted by molar-refractivity contribution is -0.137. The molecular formula is C12H11F3O3. The van der Waals surface area contributed by atoms with E-state index in [0.717, 1.165) is 7.11 Å². The number of carbonyl (C=O) groups is 1. The number of hydrogen-bond donors (Lipinski definition) is 1. The van der Waals surface area contributed by atoms with Crippen LogP contribution in [0.2, 0.25) is 0 Å². The summed E-state index contributed by atoms with van der Waals surface area (Å²) in [6, 6.07) is 0.616. The SMILES string of the molecule is COc1cc(F)c(F)c(C2(CC(=O)O)CC2)c1F. The average molecular weight is 260 g/mol. The molecule has 3 nitrogen and oxygen atoms in total. The predicted octanol–water partition coefficient (Wildman–Crippen LogP) is 2.62. The third-order valence-electron chi connectivity index (χ3n) is 3.22. The van der Waals surface area contributed by atoms with Crippen LogP contribution >= 0.6 is 0 Å². The molecule has 0 bridgehead atoms. The fourth-order valence-electron chi connectivity index (χ4n) is 2.15. The number of ether oxygens (including phenoxy) is 1. The maximum absolute atomic E-state index is 14.0. The zero-order chi connectivity index (χ0) is 13.5. The van der Waals surface area contributed by atoms with E-state index in [1.807, 2.05) is 0 Å². The Bertz CT molecular complexity index is 510. The van der Waals surface area contributed by atoms with Gasteiger partial charge in [-0.05, 0) is 12.8 Å². The van der Waals surface area contributed by atoms with Crippen LogP contribution in [0.5, 0.6) is 5.75 Å². The lowest BCUT2D eigenvalue weighted by Crippen LogP contribution is -2.18. The molecule has 98 valence electrons. The second-order valence-electron chi connectivity index (χ2n) is 4.41. The lowest BCUT2D eigenvalue weighted by atomic mass is 9.91. The first-order valence-electron chi connectivity index (χ1n) is 5.35. The maximum atomic E-state index is 14.0. The van der Waals surface area contributed by atoms with Gasteiger partial charge in [-0.25, -0.2) is 13.2 Å². The van der Waals surface area contributed by atoms with E-state index in [-0.39, 0.29) is 0 Å². The molecule has 1 aliphatic rings. The highest BCUT2D eigenvalue weighted by molar-refractivity contribution is 5.70. The van der Waals surface area contributed by atoms with Gasteiger partial charge in [-0.2, -0.15) is 0 Å². The molecule has 1 fully saturated rings. The first kappa shape index (κ1) is 12.7. The lowest BCUT2D eigenvalue weighted by Gasteiger charge is -2.17. The molecule has 1 aliphatic carbocycles. The summed E-state index contributed by atoms with van der Waals surface area (Å²) in [5, 5.41) is 8.76. The Morgan fingerprint density at radius 3 is 2.44 bits per heavy atom. The summed E-state index contributed by atoms with van der Waals surface area (Å²) in [6.07, 6.45) is 0.215. The van der Waals surface area contributed by atoms with Crippen molar-refractivity contribution in [3.05, 3.63) is 29.1 Å². The number of benzene rings is 1. The molecule has 1 N–H and O–H groups in total. The number of carboxylic acid groups (broad SMARTS) is 1. The van der Waals surface area contributed by atoms with Gasteiger partial charge in [0.05, 0.1) is 13.5 Å². The largest absolute Gasteiger partial charge is 0.494 e. The number of rotatable bonds is 4. The van der Waals surface area contributed by atoms with E-state index < -0.39 is 46.6 Å². The van der Waals surface area contributed by atoms with Gasteiger partial charge < -0.3 is 9.84 Å². The molecule has 0 radical (unpaired) electrons. The minimum Gasteiger partial charge on any atom is -0.494 e. The van der Waals surface area contributed by atoms with Crippen molar-refractivity contribution in [3.8, 4) is 5.75 Å². The minimum absolute atomic E-state index is 0.319. The molecule has 2 rings (SSSR count). The summed E-state index contributed by atoms with van der Waals surface area (Å²) < 4.78 is 45.6. The summed E-state index contributed by atoms with van der Waals surface area (Å²) in [6.45, 7) is 0. The van der Waals surface area contributed by atoms with Gasteiger partial charge in [0.2, 0.25) is 0 Å². The quantitative estimate of drug-likeness (QED) is 0.846. The maximum Gasteiger partial charge on any atom is 0.304 e. The van der Waals surface area contributed by atoms with Crippen molar-refractivity contribution in [1.82, 2.24) is 0 Å². The van der Waals surface area contributed by atoms with E-state index in [2.05, 4.69) is 4.74 Å². The Labute approximate surface area is 101 Å². The molecule has 1 aromatic rings. The standard InChI is InChI=1S/C12H11F3O3/c1-18-7-4-6(13)10(14)9(11(7)15)12(2-3-12)5-8(16)17/h4H,2-3,5H2,1H3,(H,16,17). The number of carboxylic acids is 1. The van der Waals surface area contributed by atoms with Crippen LogP contribution in [0, 0.1) is 17.5 Å². The molecule has 0 saturated heterocycles. The Balaban J connectivity index is 2.56. The molecule has 0 heterocycles. The minimum atomic E-state index is -1.33. The van der Waals surface area contributed by atoms with Gasteiger partial charge in [0.15, 0.2) is 23.2 Å². The molecule has 0 aliphatic heterocycles. The van der Waals surface area contributed by atoms with Crippen molar-refractivity contribution < 1.29 is 27.8 Å². The van der Waals surface area contributed by atoms with E-state index >= 15 is 0 Å². The van der Waals surface area contributed by atoms with E-state index in [9.17, 15) is 18.0 Å². The van der Waals surface area contributed by atoms with E-state index in [0.29, 0.717) is 18.9 Å². The van der Waals surface area contributed by atoms with Crippen LogP contribution in [-0.4, -0.2) is 18.2 Å². The zero-order valence-electron chi connectivity index (χ0n) is 9.60. The second-order valence-corrected chi connectivity index (χ2v) is 4.41. The van der Waals surface area contributed by atoms with Crippen LogP contribution in [0.3, 0.4) is 0 Å². The normalized spacial score (nSPS) is 16.4. The van der Waals surface area contributed by atoms with Gasteiger partial charge in [0, 0.05) is 17.0 Å². The fourth-order valence-corrected chi connectivity index (χ4v) is 2.15. The predicted molar refractivity (Wildman–Crippen MR) is 56.0 cm³/mol. The topological polar surface area (TPSA) is 46.5 Å². The molecule has 0 atom stereocenters. The molecule has 1 aromatic carbocycles. The number of hydrogen-bond acceptors (Lipinski definition) is 2. The Hall–Kier alpha value is -1.72. The molecule has 0 aromatic heterocycles. The third kappa shape index (κ3) is 1.91. The summed E-state index contributed by atoms with van der Waals surface area (Å²) >= 11 is 0. The number of methoxy groups -OCH3 is 1. The molecule has 1 saturated carbocycles. The van der Waals surface area contributed by atoms with E-state index in [1.54, 1.807) is 0 Å². The number of halogens is 3. The van der Waals surface area contributed by atoms with E-state index in [4.69, 9.17) is 5.11 Å². The summed E-state index contributed by atoms with van der Waals surface area (Å²) in [5.41, 5.74) is -1.66. The molecule has 6 heteroatoms. The molecule has 0 unspecified atom stereocenters. The smallest absolute Gasteiger partial charge is 0.304 e. The van der Waals surface area contributed by atoms with E-state index in [1.165, 1.54) is 0 Å². The highest BCUT2D eigenvalue weighted by Gasteiger charge is 2.50. The van der Waals surface area contributed by atoms with Crippen LogP contribution < -0.4 is 4.74 Å². The van der Waals surface area contributed by atoms with Gasteiger partial charge in [-0.1, -0.05) is 0 Å². The van der Waals surface area contributed by atoms with Gasteiger partial charge >= 0.3 is 5.97 Å². The highest BCUT2D eigenvalue weighted by atomic mass is 19.2. The molecule has 0 spiro atoms. The summed E-state index contributed by atoms with van der Waals surface area (Å²) in [7, 11) is 1.14. The van der Waals surface area contributed by atoms with Crippen LogP contribution in [0.4, 0.5) is 13.2 Å².